The van der Waals surface area contributed by atoms with E-state index in [1.807, 2.05) is 71.4 Å². The van der Waals surface area contributed by atoms with Gasteiger partial charge in [-0.15, -0.1) is 0 Å². The van der Waals surface area contributed by atoms with Crippen LogP contribution in [0.15, 0.2) is 47.1 Å². The second-order valence-corrected chi connectivity index (χ2v) is 12.6. The maximum absolute atomic E-state index is 14.3. The maximum atomic E-state index is 14.3. The number of nitrogens with zero attached hydrogens (tertiary/aromatic N) is 2. The van der Waals surface area contributed by atoms with E-state index >= 15 is 0 Å². The van der Waals surface area contributed by atoms with E-state index in [0.29, 0.717) is 27.3 Å². The Kier molecular flexibility index (Phi) is 7.78. The van der Waals surface area contributed by atoms with Crippen molar-refractivity contribution in [2.75, 3.05) is 0 Å². The number of carbonyl (C=O) groups excluding carboxylic acids is 2. The van der Waals surface area contributed by atoms with Crippen molar-refractivity contribution in [1.82, 2.24) is 9.72 Å². The van der Waals surface area contributed by atoms with Gasteiger partial charge in [-0.25, -0.2) is 4.79 Å². The van der Waals surface area contributed by atoms with Gasteiger partial charge in [0.05, 0.1) is 21.1 Å². The predicted molar refractivity (Wildman–Crippen MR) is 157 cm³/mol. The Hall–Kier alpha value is -3.06. The van der Waals surface area contributed by atoms with Gasteiger partial charge in [-0.1, -0.05) is 78.9 Å². The number of aromatic nitrogens is 2. The van der Waals surface area contributed by atoms with Crippen molar-refractivity contribution in [1.29, 1.82) is 0 Å². The molecule has 0 saturated carbocycles. The van der Waals surface area contributed by atoms with Crippen molar-refractivity contribution in [3.05, 3.63) is 80.1 Å². The Labute approximate surface area is 242 Å². The summed E-state index contributed by atoms with van der Waals surface area (Å²) in [5, 5.41) is 5.83. The van der Waals surface area contributed by atoms with E-state index in [4.69, 9.17) is 44.1 Å². The van der Waals surface area contributed by atoms with Crippen molar-refractivity contribution in [3.63, 3.8) is 0 Å². The van der Waals surface area contributed by atoms with E-state index < -0.39 is 17.0 Å². The Morgan fingerprint density at radius 3 is 2.26 bits per heavy atom. The average Bonchev–Trinajstić information content (AvgIpc) is 3.38. The molecular formula is C30H29Cl3N2O4. The molecule has 0 saturated heterocycles. The van der Waals surface area contributed by atoms with E-state index in [2.05, 4.69) is 5.16 Å². The summed E-state index contributed by atoms with van der Waals surface area (Å²) >= 11 is 19.2. The van der Waals surface area contributed by atoms with Crippen LogP contribution in [0.5, 0.6) is 0 Å². The van der Waals surface area contributed by atoms with E-state index in [0.717, 1.165) is 11.1 Å². The van der Waals surface area contributed by atoms with Crippen LogP contribution in [-0.2, 0) is 22.0 Å². The molecule has 2 aromatic carbocycles. The molecule has 4 aromatic rings. The monoisotopic (exact) mass is 586 g/mol. The lowest BCUT2D eigenvalue weighted by Crippen LogP contribution is -2.22. The van der Waals surface area contributed by atoms with Gasteiger partial charge in [0, 0.05) is 46.3 Å². The molecule has 2 aromatic heterocycles. The molecule has 9 heteroatoms. The third kappa shape index (κ3) is 5.93. The Morgan fingerprint density at radius 1 is 1.03 bits per heavy atom. The van der Waals surface area contributed by atoms with Crippen LogP contribution < -0.4 is 0 Å². The Balaban J connectivity index is 1.88. The van der Waals surface area contributed by atoms with Gasteiger partial charge in [-0.2, -0.15) is 0 Å². The summed E-state index contributed by atoms with van der Waals surface area (Å²) in [4.78, 5) is 26.6. The fourth-order valence-electron chi connectivity index (χ4n) is 4.40. The highest BCUT2D eigenvalue weighted by Crippen LogP contribution is 2.42. The first-order chi connectivity index (χ1) is 18.1. The zero-order chi connectivity index (χ0) is 28.9. The largest absolute Gasteiger partial charge is 0.457 e. The van der Waals surface area contributed by atoms with Gasteiger partial charge >= 0.3 is 5.97 Å². The van der Waals surface area contributed by atoms with Gasteiger partial charge in [-0.3, -0.25) is 4.79 Å². The molecular weight excluding hydrogens is 559 g/mol. The van der Waals surface area contributed by atoms with Crippen LogP contribution in [0.3, 0.4) is 0 Å². The molecule has 0 atom stereocenters. The molecule has 0 amide bonds. The highest BCUT2D eigenvalue weighted by Gasteiger charge is 2.34. The number of ketones is 1. The smallest absolute Gasteiger partial charge is 0.331 e. The SMILES string of the molecule is Cn1cc(C(=O)c2c(-c3c(Cl)cc(Cl)cc3Cl)noc2C(C)(C)C)c2cccc(/C=C/C(=O)OC(C)(C)C)c21. The minimum atomic E-state index is -0.602. The van der Waals surface area contributed by atoms with Gasteiger partial charge in [0.25, 0.3) is 0 Å². The van der Waals surface area contributed by atoms with Crippen LogP contribution in [0.25, 0.3) is 28.2 Å². The quantitative estimate of drug-likeness (QED) is 0.133. The second-order valence-electron chi connectivity index (χ2n) is 11.3. The second kappa shape index (κ2) is 10.5. The molecule has 0 aliphatic heterocycles. The minimum Gasteiger partial charge on any atom is -0.457 e. The molecule has 0 aliphatic rings. The molecule has 0 N–H and O–H groups in total. The van der Waals surface area contributed by atoms with Gasteiger partial charge in [-0.05, 0) is 44.5 Å². The molecule has 0 spiro atoms. The molecule has 4 rings (SSSR count). The van der Waals surface area contributed by atoms with E-state index in [9.17, 15) is 9.59 Å². The van der Waals surface area contributed by atoms with Crippen molar-refractivity contribution in [3.8, 4) is 11.3 Å². The predicted octanol–water partition coefficient (Wildman–Crippen LogP) is 8.68. The lowest BCUT2D eigenvalue weighted by Gasteiger charge is -2.17. The number of benzene rings is 2. The number of para-hydroxylation sites is 1. The molecule has 6 nitrogen and oxygen atoms in total. The van der Waals surface area contributed by atoms with E-state index in [1.165, 1.54) is 6.08 Å². The molecule has 0 bridgehead atoms. The Bertz CT molecular complexity index is 1610. The van der Waals surface area contributed by atoms with Crippen LogP contribution in [0, 0.1) is 0 Å². The number of aryl methyl sites for hydroxylation is 1. The summed E-state index contributed by atoms with van der Waals surface area (Å²) in [6.45, 7) is 11.2. The van der Waals surface area contributed by atoms with Gasteiger partial charge < -0.3 is 13.8 Å². The van der Waals surface area contributed by atoms with Crippen molar-refractivity contribution >= 4 is 63.5 Å². The molecule has 2 heterocycles. The lowest BCUT2D eigenvalue weighted by atomic mass is 9.86. The van der Waals surface area contributed by atoms with Crippen LogP contribution in [0.4, 0.5) is 0 Å². The summed E-state index contributed by atoms with van der Waals surface area (Å²) < 4.78 is 13.0. The molecule has 39 heavy (non-hydrogen) atoms. The first-order valence-electron chi connectivity index (χ1n) is 12.3. The first-order valence-corrected chi connectivity index (χ1v) is 13.4. The summed E-state index contributed by atoms with van der Waals surface area (Å²) in [5.74, 6) is -0.342. The highest BCUT2D eigenvalue weighted by molar-refractivity contribution is 6.42. The average molecular weight is 588 g/mol. The number of hydrogen-bond donors (Lipinski definition) is 0. The lowest BCUT2D eigenvalue weighted by molar-refractivity contribution is -0.148. The maximum Gasteiger partial charge on any atom is 0.331 e. The molecule has 0 radical (unpaired) electrons. The summed E-state index contributed by atoms with van der Waals surface area (Å²) in [5.41, 5.74) is 1.71. The third-order valence-electron chi connectivity index (χ3n) is 5.93. The van der Waals surface area contributed by atoms with E-state index in [1.54, 1.807) is 24.4 Å². The summed E-state index contributed by atoms with van der Waals surface area (Å²) in [6, 6.07) is 8.66. The zero-order valence-electron chi connectivity index (χ0n) is 22.8. The summed E-state index contributed by atoms with van der Waals surface area (Å²) in [6.07, 6.45) is 4.82. The van der Waals surface area contributed by atoms with Gasteiger partial charge in [0.15, 0.2) is 5.76 Å². The number of ether oxygens (including phenoxy) is 1. The van der Waals surface area contributed by atoms with Crippen LogP contribution in [0.2, 0.25) is 15.1 Å². The number of hydrogen-bond acceptors (Lipinski definition) is 5. The van der Waals surface area contributed by atoms with E-state index in [-0.39, 0.29) is 27.1 Å². The topological polar surface area (TPSA) is 74.3 Å². The molecule has 0 unspecified atom stereocenters. The first kappa shape index (κ1) is 28.9. The number of carbonyl (C=O) groups is 2. The van der Waals surface area contributed by atoms with Crippen LogP contribution in [-0.4, -0.2) is 27.1 Å². The van der Waals surface area contributed by atoms with Crippen molar-refractivity contribution in [2.45, 2.75) is 52.6 Å². The van der Waals surface area contributed by atoms with Crippen LogP contribution >= 0.6 is 34.8 Å². The van der Waals surface area contributed by atoms with Crippen LogP contribution in [0.1, 0.15) is 68.8 Å². The molecule has 204 valence electrons. The summed E-state index contributed by atoms with van der Waals surface area (Å²) in [7, 11) is 1.84. The van der Waals surface area contributed by atoms with Gasteiger partial charge in [0.1, 0.15) is 11.3 Å². The normalized spacial score (nSPS) is 12.5. The zero-order valence-corrected chi connectivity index (χ0v) is 25.0. The fourth-order valence-corrected chi connectivity index (χ4v) is 5.39. The number of fused-ring (bicyclic) bond motifs is 1. The number of halogens is 3. The van der Waals surface area contributed by atoms with Crippen molar-refractivity contribution < 1.29 is 18.8 Å². The van der Waals surface area contributed by atoms with Crippen molar-refractivity contribution in [2.24, 2.45) is 7.05 Å². The standard InChI is InChI=1S/C30H29Cl3N2O4/c1-29(2,3)28-24(25(34-39-28)23-20(32)13-17(31)14-21(23)33)27(37)19-15-35(7)26-16(9-8-10-18(19)26)11-12-22(36)38-30(4,5)6/h8-15H,1-7H3/b12-11+. The molecule has 0 fully saturated rings. The fraction of sp³-hybridized carbons (Fsp3) is 0.300. The number of esters is 1. The third-order valence-corrected chi connectivity index (χ3v) is 6.74. The van der Waals surface area contributed by atoms with Gasteiger partial charge in [0.2, 0.25) is 5.78 Å². The highest BCUT2D eigenvalue weighted by atomic mass is 35.5. The minimum absolute atomic E-state index is 0.245. The number of rotatable bonds is 5. The Morgan fingerprint density at radius 2 is 1.67 bits per heavy atom. The molecule has 0 aliphatic carbocycles.